The van der Waals surface area contributed by atoms with Gasteiger partial charge in [0.2, 0.25) is 0 Å². The molecule has 0 aromatic carbocycles. The third-order valence-corrected chi connectivity index (χ3v) is 6.38. The van der Waals surface area contributed by atoms with Crippen LogP contribution in [0.2, 0.25) is 0 Å². The van der Waals surface area contributed by atoms with E-state index in [1.807, 2.05) is 0 Å². The lowest BCUT2D eigenvalue weighted by Gasteiger charge is -2.68. The van der Waals surface area contributed by atoms with Gasteiger partial charge in [0.25, 0.3) is 0 Å². The molecule has 0 radical (unpaired) electrons. The maximum Gasteiger partial charge on any atom is 0.303 e. The van der Waals surface area contributed by atoms with Gasteiger partial charge in [-0.25, -0.2) is 0 Å². The minimum atomic E-state index is -0.167. The maximum atomic E-state index is 11.2. The molecule has 2 heteroatoms. The van der Waals surface area contributed by atoms with Crippen LogP contribution in [0.4, 0.5) is 0 Å². The molecule has 0 heterocycles. The second kappa shape index (κ2) is 3.86. The number of ether oxygens (including phenoxy) is 1. The first-order chi connectivity index (χ1) is 8.77. The molecule has 19 heavy (non-hydrogen) atoms. The summed E-state index contributed by atoms with van der Waals surface area (Å²) in [5.74, 6) is 1.86. The molecule has 0 amide bonds. The number of esters is 1. The summed E-state index contributed by atoms with van der Waals surface area (Å²) in [5.41, 5.74) is 2.03. The first-order valence-corrected chi connectivity index (χ1v) is 7.63. The van der Waals surface area contributed by atoms with Crippen molar-refractivity contribution in [1.82, 2.24) is 0 Å². The van der Waals surface area contributed by atoms with Gasteiger partial charge in [0.15, 0.2) is 0 Å². The van der Waals surface area contributed by atoms with E-state index in [1.54, 1.807) is 0 Å². The molecule has 106 valence electrons. The van der Waals surface area contributed by atoms with Crippen LogP contribution in [-0.4, -0.2) is 12.1 Å². The summed E-state index contributed by atoms with van der Waals surface area (Å²) >= 11 is 0. The van der Waals surface area contributed by atoms with Crippen molar-refractivity contribution in [2.45, 2.75) is 59.5 Å². The number of carbonyl (C=O) groups is 1. The molecule has 5 atom stereocenters. The van der Waals surface area contributed by atoms with Gasteiger partial charge in [0, 0.05) is 6.92 Å². The van der Waals surface area contributed by atoms with Gasteiger partial charge in [-0.1, -0.05) is 33.8 Å². The highest BCUT2D eigenvalue weighted by Gasteiger charge is 2.68. The van der Waals surface area contributed by atoms with E-state index in [4.69, 9.17) is 4.74 Å². The van der Waals surface area contributed by atoms with Crippen molar-refractivity contribution >= 4 is 5.97 Å². The predicted molar refractivity (Wildman–Crippen MR) is 75.5 cm³/mol. The van der Waals surface area contributed by atoms with Crippen LogP contribution in [-0.2, 0) is 9.53 Å². The first-order valence-electron chi connectivity index (χ1n) is 7.63. The molecule has 4 saturated carbocycles. The molecule has 4 rings (SSSR count). The molecule has 4 aliphatic carbocycles. The van der Waals surface area contributed by atoms with Gasteiger partial charge < -0.3 is 4.74 Å². The summed E-state index contributed by atoms with van der Waals surface area (Å²) in [6.45, 7) is 13.1. The molecule has 0 aliphatic heterocycles. The highest BCUT2D eigenvalue weighted by atomic mass is 16.5. The van der Waals surface area contributed by atoms with Gasteiger partial charge in [-0.15, -0.1) is 0 Å². The third-order valence-electron chi connectivity index (χ3n) is 6.38. The second-order valence-electron chi connectivity index (χ2n) is 7.87. The molecular weight excluding hydrogens is 236 g/mol. The van der Waals surface area contributed by atoms with E-state index in [1.165, 1.54) is 31.8 Å². The molecule has 0 saturated heterocycles. The Morgan fingerprint density at radius 3 is 2.58 bits per heavy atom. The standard InChI is InChI=1S/C17H26O2/c1-10-13(19-11(2)18)9-12-15-14(10)17(12,5)8-6-7-16(15,3)4/h12-15H,1,6-9H2,2-5H3/t12-,13+,14+,15?,17?/m1/s1. The normalized spacial score (nSPS) is 47.1. The van der Waals surface area contributed by atoms with Crippen molar-refractivity contribution in [3.8, 4) is 0 Å². The summed E-state index contributed by atoms with van der Waals surface area (Å²) < 4.78 is 5.49. The summed E-state index contributed by atoms with van der Waals surface area (Å²) in [6.07, 6.45) is 4.95. The average molecular weight is 262 g/mol. The Balaban J connectivity index is 1.91. The van der Waals surface area contributed by atoms with Crippen LogP contribution in [0.5, 0.6) is 0 Å². The van der Waals surface area contributed by atoms with Crippen LogP contribution in [0.15, 0.2) is 12.2 Å². The van der Waals surface area contributed by atoms with E-state index < -0.39 is 0 Å². The molecule has 0 aromatic heterocycles. The van der Waals surface area contributed by atoms with Crippen molar-refractivity contribution in [2.75, 3.05) is 0 Å². The van der Waals surface area contributed by atoms with Gasteiger partial charge in [0.05, 0.1) is 0 Å². The Bertz CT molecular complexity index is 437. The topological polar surface area (TPSA) is 26.3 Å². The molecule has 0 N–H and O–H groups in total. The summed E-state index contributed by atoms with van der Waals surface area (Å²) in [5, 5.41) is 0. The number of hydrogen-bond acceptors (Lipinski definition) is 2. The van der Waals surface area contributed by atoms with E-state index in [0.717, 1.165) is 12.3 Å². The molecule has 4 bridgehead atoms. The fourth-order valence-electron chi connectivity index (χ4n) is 5.57. The molecule has 0 aromatic rings. The van der Waals surface area contributed by atoms with Crippen molar-refractivity contribution in [1.29, 1.82) is 0 Å². The lowest BCUT2D eigenvalue weighted by molar-refractivity contribution is -0.188. The number of fused-ring (bicyclic) bond motifs is 2. The molecule has 2 nitrogen and oxygen atoms in total. The van der Waals surface area contributed by atoms with Crippen LogP contribution < -0.4 is 0 Å². The van der Waals surface area contributed by atoms with Crippen molar-refractivity contribution < 1.29 is 9.53 Å². The predicted octanol–water partition coefficient (Wildman–Crippen LogP) is 3.96. The fourth-order valence-corrected chi connectivity index (χ4v) is 5.57. The van der Waals surface area contributed by atoms with Gasteiger partial charge in [0.1, 0.15) is 6.10 Å². The van der Waals surface area contributed by atoms with E-state index >= 15 is 0 Å². The largest absolute Gasteiger partial charge is 0.458 e. The molecule has 0 spiro atoms. The van der Waals surface area contributed by atoms with Gasteiger partial charge in [-0.05, 0) is 53.4 Å². The van der Waals surface area contributed by atoms with Crippen molar-refractivity contribution in [3.05, 3.63) is 12.2 Å². The van der Waals surface area contributed by atoms with Crippen LogP contribution in [0.3, 0.4) is 0 Å². The van der Waals surface area contributed by atoms with Crippen LogP contribution >= 0.6 is 0 Å². The molecule has 2 unspecified atom stereocenters. The lowest BCUT2D eigenvalue weighted by atomic mass is 9.37. The third kappa shape index (κ3) is 1.64. The van der Waals surface area contributed by atoms with E-state index in [0.29, 0.717) is 22.7 Å². The number of carbonyl (C=O) groups excluding carboxylic acids is 1. The van der Waals surface area contributed by atoms with E-state index in [2.05, 4.69) is 27.4 Å². The Hall–Kier alpha value is -0.790. The zero-order valence-electron chi connectivity index (χ0n) is 12.7. The van der Waals surface area contributed by atoms with E-state index in [9.17, 15) is 4.79 Å². The quantitative estimate of drug-likeness (QED) is 0.528. The van der Waals surface area contributed by atoms with Crippen LogP contribution in [0, 0.1) is 28.6 Å². The molecule has 4 fully saturated rings. The lowest BCUT2D eigenvalue weighted by Crippen LogP contribution is -2.64. The fraction of sp³-hybridized carbons (Fsp3) is 0.824. The average Bonchev–Trinajstić information content (AvgIpc) is 2.44. The minimum Gasteiger partial charge on any atom is -0.458 e. The van der Waals surface area contributed by atoms with Crippen molar-refractivity contribution in [2.24, 2.45) is 28.6 Å². The zero-order chi connectivity index (χ0) is 14.0. The smallest absolute Gasteiger partial charge is 0.303 e. The van der Waals surface area contributed by atoms with Gasteiger partial charge in [-0.3, -0.25) is 4.79 Å². The highest BCUT2D eigenvalue weighted by molar-refractivity contribution is 5.66. The zero-order valence-corrected chi connectivity index (χ0v) is 12.7. The van der Waals surface area contributed by atoms with Gasteiger partial charge in [-0.2, -0.15) is 0 Å². The molecular formula is C17H26O2. The first kappa shape index (κ1) is 13.2. The minimum absolute atomic E-state index is 0.0225. The monoisotopic (exact) mass is 262 g/mol. The Kier molecular flexibility index (Phi) is 2.69. The SMILES string of the molecule is C=C1[C@@H](OC(C)=O)C[C@@H]2C3[C@H]1C2(C)CCCC3(C)C. The van der Waals surface area contributed by atoms with Crippen LogP contribution in [0.25, 0.3) is 0 Å². The van der Waals surface area contributed by atoms with E-state index in [-0.39, 0.29) is 12.1 Å². The Morgan fingerprint density at radius 1 is 1.32 bits per heavy atom. The number of rotatable bonds is 1. The second-order valence-corrected chi connectivity index (χ2v) is 7.87. The maximum absolute atomic E-state index is 11.2. The Morgan fingerprint density at radius 2 is 2.00 bits per heavy atom. The van der Waals surface area contributed by atoms with Crippen LogP contribution in [0.1, 0.15) is 53.4 Å². The summed E-state index contributed by atoms with van der Waals surface area (Å²) in [4.78, 5) is 11.2. The van der Waals surface area contributed by atoms with Crippen molar-refractivity contribution in [3.63, 3.8) is 0 Å². The highest BCUT2D eigenvalue weighted by Crippen LogP contribution is 2.73. The molecule has 4 aliphatic rings. The van der Waals surface area contributed by atoms with Gasteiger partial charge >= 0.3 is 5.97 Å². The Labute approximate surface area is 116 Å². The number of hydrogen-bond donors (Lipinski definition) is 0. The summed E-state index contributed by atoms with van der Waals surface area (Å²) in [6, 6.07) is 0. The summed E-state index contributed by atoms with van der Waals surface area (Å²) in [7, 11) is 0.